The molecule has 1 N–H and O–H groups in total. The molecule has 0 bridgehead atoms. The van der Waals surface area contributed by atoms with Gasteiger partial charge in [-0.15, -0.1) is 0 Å². The highest BCUT2D eigenvalue weighted by Crippen LogP contribution is 2.13. The lowest BCUT2D eigenvalue weighted by Gasteiger charge is -2.14. The van der Waals surface area contributed by atoms with Crippen molar-refractivity contribution in [1.29, 1.82) is 0 Å². The molecule has 1 atom stereocenters. The number of hydrogen-bond acceptors (Lipinski definition) is 8. The molecule has 0 fully saturated rings. The van der Waals surface area contributed by atoms with Crippen LogP contribution in [0.15, 0.2) is 48.5 Å². The topological polar surface area (TPSA) is 133 Å². The molecule has 0 aliphatic heterocycles. The van der Waals surface area contributed by atoms with Crippen LogP contribution in [0.2, 0.25) is 0 Å². The standard InChI is InChI=1S/C19H18O7.CO2/c1-12-3-5-13(6-4-12)18(22)25-11-16(17(20)21)26-19(23)14-7-9-15(24-2)10-8-14;2-1-3/h3-10,16H,11H2,1-2H3,(H,20,21);/t16-;/m0./s1. The summed E-state index contributed by atoms with van der Waals surface area (Å²) in [4.78, 5) is 51.5. The molecule has 0 unspecified atom stereocenters. The molecule has 0 aromatic heterocycles. The Morgan fingerprint density at radius 3 is 1.90 bits per heavy atom. The Morgan fingerprint density at radius 2 is 1.41 bits per heavy atom. The smallest absolute Gasteiger partial charge is 0.373 e. The van der Waals surface area contributed by atoms with Crippen LogP contribution >= 0.6 is 0 Å². The summed E-state index contributed by atoms with van der Waals surface area (Å²) in [5.41, 5.74) is 1.40. The van der Waals surface area contributed by atoms with Crippen LogP contribution in [0.1, 0.15) is 26.3 Å². The summed E-state index contributed by atoms with van der Waals surface area (Å²) < 4.78 is 14.8. The highest BCUT2D eigenvalue weighted by atomic mass is 16.6. The van der Waals surface area contributed by atoms with Gasteiger partial charge in [0, 0.05) is 0 Å². The number of hydrogen-bond donors (Lipinski definition) is 1. The van der Waals surface area contributed by atoms with E-state index in [1.54, 1.807) is 36.4 Å². The normalized spacial score (nSPS) is 10.4. The van der Waals surface area contributed by atoms with Crippen LogP contribution in [0, 0.1) is 6.92 Å². The Bertz CT molecular complexity index is 864. The van der Waals surface area contributed by atoms with E-state index in [4.69, 9.17) is 23.8 Å². The second-order valence-electron chi connectivity index (χ2n) is 5.51. The van der Waals surface area contributed by atoms with Crippen LogP contribution in [0.3, 0.4) is 0 Å². The zero-order valence-corrected chi connectivity index (χ0v) is 15.6. The highest BCUT2D eigenvalue weighted by Gasteiger charge is 2.25. The van der Waals surface area contributed by atoms with Gasteiger partial charge in [-0.2, -0.15) is 9.59 Å². The van der Waals surface area contributed by atoms with Gasteiger partial charge < -0.3 is 19.3 Å². The van der Waals surface area contributed by atoms with Crippen LogP contribution in [0.5, 0.6) is 5.75 Å². The Balaban J connectivity index is 0.00000132. The molecule has 9 nitrogen and oxygen atoms in total. The molecular weight excluding hydrogens is 384 g/mol. The van der Waals surface area contributed by atoms with E-state index >= 15 is 0 Å². The van der Waals surface area contributed by atoms with Crippen molar-refractivity contribution < 1.29 is 43.3 Å². The summed E-state index contributed by atoms with van der Waals surface area (Å²) in [6.45, 7) is 1.28. The second kappa shape index (κ2) is 11.7. The molecule has 0 radical (unpaired) electrons. The average molecular weight is 402 g/mol. The Morgan fingerprint density at radius 1 is 0.931 bits per heavy atom. The lowest BCUT2D eigenvalue weighted by molar-refractivity contribution is -0.191. The number of ether oxygens (including phenoxy) is 3. The van der Waals surface area contributed by atoms with Gasteiger partial charge in [0.05, 0.1) is 18.2 Å². The van der Waals surface area contributed by atoms with E-state index in [1.165, 1.54) is 19.2 Å². The molecule has 152 valence electrons. The molecule has 0 heterocycles. The fourth-order valence-electron chi connectivity index (χ4n) is 2.00. The van der Waals surface area contributed by atoms with Gasteiger partial charge in [0.1, 0.15) is 12.4 Å². The summed E-state index contributed by atoms with van der Waals surface area (Å²) in [7, 11) is 1.48. The van der Waals surface area contributed by atoms with Gasteiger partial charge in [-0.3, -0.25) is 0 Å². The van der Waals surface area contributed by atoms with Crippen molar-refractivity contribution in [3.63, 3.8) is 0 Å². The van der Waals surface area contributed by atoms with Gasteiger partial charge in [-0.25, -0.2) is 14.4 Å². The molecule has 0 aliphatic carbocycles. The first-order chi connectivity index (χ1) is 13.8. The number of aryl methyl sites for hydroxylation is 1. The maximum absolute atomic E-state index is 12.0. The Labute approximate surface area is 165 Å². The number of carboxylic acid groups (broad SMARTS) is 1. The van der Waals surface area contributed by atoms with E-state index in [0.717, 1.165) is 5.56 Å². The summed E-state index contributed by atoms with van der Waals surface area (Å²) in [6.07, 6.45) is -1.36. The number of benzene rings is 2. The zero-order chi connectivity index (χ0) is 21.8. The average Bonchev–Trinajstić information content (AvgIpc) is 2.71. The Hall–Kier alpha value is -3.97. The monoisotopic (exact) mass is 402 g/mol. The van der Waals surface area contributed by atoms with Crippen LogP contribution in [-0.2, 0) is 23.9 Å². The van der Waals surface area contributed by atoms with Crippen LogP contribution in [0.25, 0.3) is 0 Å². The van der Waals surface area contributed by atoms with Crippen LogP contribution in [-0.4, -0.2) is 49.0 Å². The van der Waals surface area contributed by atoms with Gasteiger partial charge >= 0.3 is 24.1 Å². The molecule has 0 aliphatic rings. The van der Waals surface area contributed by atoms with Crippen molar-refractivity contribution >= 4 is 24.1 Å². The number of aliphatic carboxylic acids is 1. The van der Waals surface area contributed by atoms with E-state index in [9.17, 15) is 19.5 Å². The first-order valence-electron chi connectivity index (χ1n) is 8.13. The molecule has 2 aromatic rings. The second-order valence-corrected chi connectivity index (χ2v) is 5.51. The zero-order valence-electron chi connectivity index (χ0n) is 15.6. The third-order valence-corrected chi connectivity index (χ3v) is 3.50. The lowest BCUT2D eigenvalue weighted by atomic mass is 10.1. The van der Waals surface area contributed by atoms with Crippen molar-refractivity contribution in [2.45, 2.75) is 13.0 Å². The minimum atomic E-state index is -1.61. The molecule has 0 amide bonds. The fraction of sp³-hybridized carbons (Fsp3) is 0.200. The largest absolute Gasteiger partial charge is 0.497 e. The minimum absolute atomic E-state index is 0.155. The van der Waals surface area contributed by atoms with E-state index in [1.807, 2.05) is 6.92 Å². The van der Waals surface area contributed by atoms with Gasteiger partial charge in [-0.1, -0.05) is 17.7 Å². The molecule has 0 saturated heterocycles. The number of carbonyl (C=O) groups excluding carboxylic acids is 4. The molecule has 0 saturated carbocycles. The molecule has 29 heavy (non-hydrogen) atoms. The highest BCUT2D eigenvalue weighted by molar-refractivity contribution is 5.92. The van der Waals surface area contributed by atoms with Crippen molar-refractivity contribution in [3.05, 3.63) is 65.2 Å². The maximum Gasteiger partial charge on any atom is 0.373 e. The van der Waals surface area contributed by atoms with Crippen molar-refractivity contribution in [2.24, 2.45) is 0 Å². The molecule has 0 spiro atoms. The van der Waals surface area contributed by atoms with Crippen molar-refractivity contribution in [2.75, 3.05) is 13.7 Å². The summed E-state index contributed by atoms with van der Waals surface area (Å²) in [5.74, 6) is -2.41. The number of rotatable bonds is 7. The predicted molar refractivity (Wildman–Crippen MR) is 96.3 cm³/mol. The van der Waals surface area contributed by atoms with E-state index < -0.39 is 30.6 Å². The quantitative estimate of drug-likeness (QED) is 0.689. The van der Waals surface area contributed by atoms with Gasteiger partial charge in [0.2, 0.25) is 6.10 Å². The Kier molecular flexibility index (Phi) is 9.29. The fourth-order valence-corrected chi connectivity index (χ4v) is 2.00. The van der Waals surface area contributed by atoms with Crippen LogP contribution in [0.4, 0.5) is 0 Å². The lowest BCUT2D eigenvalue weighted by Crippen LogP contribution is -2.32. The third kappa shape index (κ3) is 7.66. The van der Waals surface area contributed by atoms with Gasteiger partial charge in [0.25, 0.3) is 0 Å². The predicted octanol–water partition coefficient (Wildman–Crippen LogP) is 1.89. The summed E-state index contributed by atoms with van der Waals surface area (Å²) >= 11 is 0. The van der Waals surface area contributed by atoms with Crippen LogP contribution < -0.4 is 4.74 Å². The molecule has 2 aromatic carbocycles. The van der Waals surface area contributed by atoms with Crippen molar-refractivity contribution in [3.8, 4) is 5.75 Å². The maximum atomic E-state index is 12.0. The molecular formula is C20H18O9. The molecule has 2 rings (SSSR count). The SMILES string of the molecule is COc1ccc(C(=O)O[C@@H](COC(=O)c2ccc(C)cc2)C(=O)O)cc1.O=C=O. The summed E-state index contributed by atoms with van der Waals surface area (Å²) in [6, 6.07) is 12.6. The van der Waals surface area contributed by atoms with Crippen molar-refractivity contribution in [1.82, 2.24) is 0 Å². The van der Waals surface area contributed by atoms with Gasteiger partial charge in [-0.05, 0) is 43.3 Å². The number of carbonyl (C=O) groups is 3. The number of esters is 2. The minimum Gasteiger partial charge on any atom is -0.497 e. The summed E-state index contributed by atoms with van der Waals surface area (Å²) in [5, 5.41) is 9.18. The third-order valence-electron chi connectivity index (χ3n) is 3.50. The number of methoxy groups -OCH3 is 1. The van der Waals surface area contributed by atoms with E-state index in [0.29, 0.717) is 5.75 Å². The van der Waals surface area contributed by atoms with E-state index in [2.05, 4.69) is 0 Å². The van der Waals surface area contributed by atoms with Gasteiger partial charge in [0.15, 0.2) is 0 Å². The first-order valence-corrected chi connectivity index (χ1v) is 8.13. The molecule has 9 heteroatoms. The first kappa shape index (κ1) is 23.1. The number of carboxylic acids is 1. The van der Waals surface area contributed by atoms with E-state index in [-0.39, 0.29) is 17.3 Å².